The number of aliphatic hydroxyl groups excluding tert-OH is 1. The molecule has 3 amide bonds. The van der Waals surface area contributed by atoms with Crippen molar-refractivity contribution in [3.05, 3.63) is 29.3 Å². The van der Waals surface area contributed by atoms with E-state index in [0.717, 1.165) is 5.56 Å². The van der Waals surface area contributed by atoms with E-state index in [1.165, 1.54) is 0 Å². The number of amides is 3. The van der Waals surface area contributed by atoms with Crippen molar-refractivity contribution in [2.75, 3.05) is 26.3 Å². The summed E-state index contributed by atoms with van der Waals surface area (Å²) in [5.41, 5.74) is 1.38. The predicted octanol–water partition coefficient (Wildman–Crippen LogP) is -0.0246. The third kappa shape index (κ3) is 4.39. The van der Waals surface area contributed by atoms with Crippen molar-refractivity contribution >= 4 is 17.7 Å². The van der Waals surface area contributed by atoms with Crippen LogP contribution in [-0.2, 0) is 9.59 Å². The second kappa shape index (κ2) is 8.39. The number of benzene rings is 1. The molecule has 27 heavy (non-hydrogen) atoms. The largest absolute Gasteiger partial charge is 0.491 e. The van der Waals surface area contributed by atoms with E-state index in [2.05, 4.69) is 10.6 Å². The average Bonchev–Trinajstić information content (AvgIpc) is 3.05. The van der Waals surface area contributed by atoms with Gasteiger partial charge in [0.05, 0.1) is 6.54 Å². The fraction of sp³-hybridized carbons (Fsp3) is 0.526. The fourth-order valence-corrected chi connectivity index (χ4v) is 3.70. The number of aliphatic hydroxyl groups is 1. The predicted molar refractivity (Wildman–Crippen MR) is 97.4 cm³/mol. The molecule has 3 N–H and O–H groups in total. The number of nitrogens with one attached hydrogen (secondary N) is 2. The first-order chi connectivity index (χ1) is 13.0. The molecule has 4 bridgehead atoms. The minimum atomic E-state index is -0.613. The molecule has 0 radical (unpaired) electrons. The number of rotatable bonds is 1. The number of ether oxygens (including phenoxy) is 1. The molecule has 146 valence electrons. The smallest absolute Gasteiger partial charge is 0.251 e. The van der Waals surface area contributed by atoms with Crippen LogP contribution in [0.25, 0.3) is 0 Å². The van der Waals surface area contributed by atoms with Gasteiger partial charge in [-0.15, -0.1) is 0 Å². The van der Waals surface area contributed by atoms with E-state index < -0.39 is 12.5 Å². The van der Waals surface area contributed by atoms with Gasteiger partial charge in [0.25, 0.3) is 5.91 Å². The zero-order valence-electron chi connectivity index (χ0n) is 15.4. The SMILES string of the molecule is Cc1ccc2cc1OCCNC(=O)C[C@@H]1CC[C@H](CNC2=O)N1C(=O)CO. The molecule has 1 aromatic rings. The quantitative estimate of drug-likeness (QED) is 0.639. The molecule has 0 aromatic heterocycles. The standard InChI is InChI=1S/C19H25N3O5/c1-12-2-3-13-8-16(12)27-7-6-20-17(24)9-14-4-5-15(10-21-19(13)26)22(14)18(25)11-23/h2-3,8,14-15,23H,4-7,9-11H2,1H3,(H,20,24)(H,21,26)/t14-,15+/m0/s1. The van der Waals surface area contributed by atoms with Crippen LogP contribution in [-0.4, -0.2) is 66.1 Å². The Hall–Kier alpha value is -2.61. The second-order valence-corrected chi connectivity index (χ2v) is 6.94. The summed E-state index contributed by atoms with van der Waals surface area (Å²) in [6.45, 7) is 2.16. The molecule has 2 aliphatic heterocycles. The van der Waals surface area contributed by atoms with E-state index in [9.17, 15) is 19.5 Å². The third-order valence-corrected chi connectivity index (χ3v) is 5.09. The number of nitrogens with zero attached hydrogens (tertiary/aromatic N) is 1. The van der Waals surface area contributed by atoms with Gasteiger partial charge < -0.3 is 25.4 Å². The van der Waals surface area contributed by atoms with E-state index in [1.807, 2.05) is 13.0 Å². The van der Waals surface area contributed by atoms with Crippen LogP contribution in [0.1, 0.15) is 35.2 Å². The van der Waals surface area contributed by atoms with Crippen molar-refractivity contribution in [3.8, 4) is 5.75 Å². The van der Waals surface area contributed by atoms with Crippen LogP contribution in [0.2, 0.25) is 0 Å². The first-order valence-electron chi connectivity index (χ1n) is 9.20. The minimum Gasteiger partial charge on any atom is -0.491 e. The number of carbonyl (C=O) groups excluding carboxylic acids is 3. The summed E-state index contributed by atoms with van der Waals surface area (Å²) in [5, 5.41) is 15.0. The highest BCUT2D eigenvalue weighted by molar-refractivity contribution is 5.94. The van der Waals surface area contributed by atoms with Gasteiger partial charge in [-0.05, 0) is 37.5 Å². The maximum Gasteiger partial charge on any atom is 0.251 e. The third-order valence-electron chi connectivity index (χ3n) is 5.09. The van der Waals surface area contributed by atoms with Gasteiger partial charge in [0.2, 0.25) is 11.8 Å². The van der Waals surface area contributed by atoms with Gasteiger partial charge in [-0.3, -0.25) is 14.4 Å². The lowest BCUT2D eigenvalue weighted by Gasteiger charge is -2.30. The van der Waals surface area contributed by atoms with Crippen molar-refractivity contribution in [2.24, 2.45) is 0 Å². The van der Waals surface area contributed by atoms with Gasteiger partial charge in [-0.2, -0.15) is 0 Å². The first kappa shape index (κ1) is 19.2. The second-order valence-electron chi connectivity index (χ2n) is 6.94. The van der Waals surface area contributed by atoms with Gasteiger partial charge in [0, 0.05) is 30.6 Å². The minimum absolute atomic E-state index is 0.163. The Balaban J connectivity index is 1.83. The summed E-state index contributed by atoms with van der Waals surface area (Å²) in [5.74, 6) is -0.228. The molecular weight excluding hydrogens is 350 g/mol. The van der Waals surface area contributed by atoms with Crippen LogP contribution in [0.3, 0.4) is 0 Å². The molecule has 2 heterocycles. The van der Waals surface area contributed by atoms with Crippen LogP contribution in [0.15, 0.2) is 18.2 Å². The maximum absolute atomic E-state index is 12.5. The van der Waals surface area contributed by atoms with Crippen molar-refractivity contribution in [1.82, 2.24) is 15.5 Å². The Labute approximate surface area is 157 Å². The average molecular weight is 375 g/mol. The van der Waals surface area contributed by atoms with Crippen molar-refractivity contribution in [1.29, 1.82) is 0 Å². The molecule has 8 nitrogen and oxygen atoms in total. The summed E-state index contributed by atoms with van der Waals surface area (Å²) in [7, 11) is 0. The molecule has 1 fully saturated rings. The number of hydrogen-bond donors (Lipinski definition) is 3. The Morgan fingerprint density at radius 1 is 1.26 bits per heavy atom. The highest BCUT2D eigenvalue weighted by Gasteiger charge is 2.37. The highest BCUT2D eigenvalue weighted by Crippen LogP contribution is 2.27. The molecule has 0 spiro atoms. The molecule has 0 aliphatic carbocycles. The molecule has 0 saturated carbocycles. The van der Waals surface area contributed by atoms with Gasteiger partial charge in [-0.25, -0.2) is 0 Å². The van der Waals surface area contributed by atoms with E-state index in [1.54, 1.807) is 17.0 Å². The van der Waals surface area contributed by atoms with Crippen LogP contribution >= 0.6 is 0 Å². The summed E-state index contributed by atoms with van der Waals surface area (Å²) in [6, 6.07) is 4.71. The topological polar surface area (TPSA) is 108 Å². The summed E-state index contributed by atoms with van der Waals surface area (Å²) < 4.78 is 5.70. The van der Waals surface area contributed by atoms with Crippen molar-refractivity contribution < 1.29 is 24.2 Å². The molecule has 1 saturated heterocycles. The summed E-state index contributed by atoms with van der Waals surface area (Å²) in [6.07, 6.45) is 1.50. The number of aryl methyl sites for hydroxylation is 1. The molecule has 8 heteroatoms. The summed E-state index contributed by atoms with van der Waals surface area (Å²) >= 11 is 0. The molecule has 3 rings (SSSR count). The lowest BCUT2D eigenvalue weighted by Crippen LogP contribution is -2.48. The van der Waals surface area contributed by atoms with Crippen LogP contribution in [0.4, 0.5) is 0 Å². The van der Waals surface area contributed by atoms with Gasteiger partial charge in [0.1, 0.15) is 19.0 Å². The van der Waals surface area contributed by atoms with Gasteiger partial charge >= 0.3 is 0 Å². The Bertz CT molecular complexity index is 736. The molecule has 1 aromatic carbocycles. The zero-order valence-corrected chi connectivity index (χ0v) is 15.4. The molecule has 2 atom stereocenters. The Morgan fingerprint density at radius 2 is 2.04 bits per heavy atom. The lowest BCUT2D eigenvalue weighted by atomic mass is 10.1. The maximum atomic E-state index is 12.5. The number of fused-ring (bicyclic) bond motifs is 4. The van der Waals surface area contributed by atoms with E-state index >= 15 is 0 Å². The number of hydrogen-bond acceptors (Lipinski definition) is 5. The molecule has 0 unspecified atom stereocenters. The van der Waals surface area contributed by atoms with Crippen molar-refractivity contribution in [2.45, 2.75) is 38.3 Å². The zero-order chi connectivity index (χ0) is 19.4. The Morgan fingerprint density at radius 3 is 2.81 bits per heavy atom. The monoisotopic (exact) mass is 375 g/mol. The lowest BCUT2D eigenvalue weighted by molar-refractivity contribution is -0.137. The van der Waals surface area contributed by atoms with Crippen molar-refractivity contribution in [3.63, 3.8) is 0 Å². The molecule has 2 aliphatic rings. The van der Waals surface area contributed by atoms with E-state index in [0.29, 0.717) is 30.7 Å². The first-order valence-corrected chi connectivity index (χ1v) is 9.20. The highest BCUT2D eigenvalue weighted by atomic mass is 16.5. The van der Waals surface area contributed by atoms with Gasteiger partial charge in [-0.1, -0.05) is 6.07 Å². The normalized spacial score (nSPS) is 23.6. The van der Waals surface area contributed by atoms with Crippen LogP contribution in [0, 0.1) is 6.92 Å². The summed E-state index contributed by atoms with van der Waals surface area (Å²) in [4.78, 5) is 38.5. The van der Waals surface area contributed by atoms with Crippen LogP contribution < -0.4 is 15.4 Å². The number of carbonyl (C=O) groups is 3. The van der Waals surface area contributed by atoms with E-state index in [-0.39, 0.29) is 43.5 Å². The molecular formula is C19H25N3O5. The fourth-order valence-electron chi connectivity index (χ4n) is 3.70. The van der Waals surface area contributed by atoms with Crippen LogP contribution in [0.5, 0.6) is 5.75 Å². The Kier molecular flexibility index (Phi) is 5.95. The van der Waals surface area contributed by atoms with Gasteiger partial charge in [0.15, 0.2) is 0 Å². The van der Waals surface area contributed by atoms with E-state index in [4.69, 9.17) is 4.74 Å².